The molecule has 4 N–H and O–H groups in total. The number of carbonyl (C=O) groups excluding carboxylic acids is 4. The number of benzene rings is 1. The molecule has 0 spiro atoms. The van der Waals surface area contributed by atoms with Crippen LogP contribution in [0.15, 0.2) is 30.5 Å². The smallest absolute Gasteiger partial charge is 0.267 e. The van der Waals surface area contributed by atoms with Crippen LogP contribution in [0.25, 0.3) is 0 Å². The summed E-state index contributed by atoms with van der Waals surface area (Å²) in [6.07, 6.45) is 7.33. The number of halogens is 1. The van der Waals surface area contributed by atoms with Gasteiger partial charge in [-0.2, -0.15) is 0 Å². The Bertz CT molecular complexity index is 1540. The molecule has 1 aromatic carbocycles. The third-order valence-corrected chi connectivity index (χ3v) is 8.97. The second-order valence-corrected chi connectivity index (χ2v) is 13.0. The van der Waals surface area contributed by atoms with Gasteiger partial charge in [-0.3, -0.25) is 19.3 Å². The molecule has 2 atom stereocenters. The third kappa shape index (κ3) is 10.0. The molecule has 0 bridgehead atoms. The monoisotopic (exact) mass is 668 g/mol. The number of Topliss-reactive ketones (excluding diaryl/α,β-unsaturated/α-hetero) is 1. The van der Waals surface area contributed by atoms with Crippen molar-refractivity contribution in [3.8, 4) is 0 Å². The molecule has 12 nitrogen and oxygen atoms in total. The van der Waals surface area contributed by atoms with Crippen molar-refractivity contribution in [2.45, 2.75) is 84.2 Å². The van der Waals surface area contributed by atoms with Crippen molar-refractivity contribution in [2.75, 3.05) is 29.5 Å². The molecule has 0 saturated carbocycles. The standard InChI is InChI=1S/C32H41ClN8O4S/c1-19-11-10-13-22(33)28(19)40-31(45)25-18-34-32(46-25)39-27-17-26(35-21(3)36-27)38-29(43)23(14-7-5-6-12-20(2)42)37-30(44)24-15-8-9-16-41(24)4/h10-11,13,17-18,23-24H,5-9,12,14-16H2,1-4H3,(H,37,44)(H,40,45)(H2,34,35,36,38,39,43)/t23-,24?/m0/s1. The minimum Gasteiger partial charge on any atom is -0.343 e. The van der Waals surface area contributed by atoms with Crippen molar-refractivity contribution in [3.05, 3.63) is 51.7 Å². The van der Waals surface area contributed by atoms with Crippen LogP contribution in [0.5, 0.6) is 0 Å². The number of likely N-dealkylation sites (tertiary alicyclic amines) is 1. The van der Waals surface area contributed by atoms with E-state index in [0.29, 0.717) is 51.6 Å². The molecule has 246 valence electrons. The summed E-state index contributed by atoms with van der Waals surface area (Å²) in [7, 11) is 1.93. The quantitative estimate of drug-likeness (QED) is 0.159. The zero-order chi connectivity index (χ0) is 33.2. The number of nitrogens with zero attached hydrogens (tertiary/aromatic N) is 4. The van der Waals surface area contributed by atoms with Crippen LogP contribution in [0, 0.1) is 13.8 Å². The first-order chi connectivity index (χ1) is 22.0. The van der Waals surface area contributed by atoms with Gasteiger partial charge in [0.1, 0.15) is 34.2 Å². The minimum atomic E-state index is -0.770. The Morgan fingerprint density at radius 3 is 2.59 bits per heavy atom. The average molecular weight is 669 g/mol. The Hall–Kier alpha value is -3.94. The first kappa shape index (κ1) is 34.9. The molecular formula is C32H41ClN8O4S. The van der Waals surface area contributed by atoms with Gasteiger partial charge in [0.25, 0.3) is 5.91 Å². The van der Waals surface area contributed by atoms with E-state index in [0.717, 1.165) is 55.5 Å². The molecule has 46 heavy (non-hydrogen) atoms. The van der Waals surface area contributed by atoms with Gasteiger partial charge >= 0.3 is 0 Å². The van der Waals surface area contributed by atoms with Crippen molar-refractivity contribution < 1.29 is 19.2 Å². The van der Waals surface area contributed by atoms with E-state index in [-0.39, 0.29) is 35.4 Å². The summed E-state index contributed by atoms with van der Waals surface area (Å²) < 4.78 is 0. The lowest BCUT2D eigenvalue weighted by molar-refractivity contribution is -0.131. The van der Waals surface area contributed by atoms with E-state index in [1.807, 2.05) is 31.0 Å². The molecular weight excluding hydrogens is 628 g/mol. The first-order valence-corrected chi connectivity index (χ1v) is 16.7. The van der Waals surface area contributed by atoms with E-state index in [4.69, 9.17) is 11.6 Å². The summed E-state index contributed by atoms with van der Waals surface area (Å²) >= 11 is 7.39. The van der Waals surface area contributed by atoms with E-state index >= 15 is 0 Å². The molecule has 4 rings (SSSR count). The second-order valence-electron chi connectivity index (χ2n) is 11.6. The SMILES string of the molecule is CC(=O)CCCCC[C@H](NC(=O)C1CCCCN1C)C(=O)Nc1cc(Nc2ncc(C(=O)Nc3c(C)cccc3Cl)s2)nc(C)n1. The van der Waals surface area contributed by atoms with Crippen LogP contribution < -0.4 is 21.3 Å². The summed E-state index contributed by atoms with van der Waals surface area (Å²) in [6, 6.07) is 5.90. The highest BCUT2D eigenvalue weighted by atomic mass is 35.5. The van der Waals surface area contributed by atoms with Gasteiger partial charge in [-0.1, -0.05) is 54.3 Å². The molecule has 3 amide bonds. The highest BCUT2D eigenvalue weighted by molar-refractivity contribution is 7.17. The number of thiazole rings is 1. The van der Waals surface area contributed by atoms with Gasteiger partial charge in [-0.05, 0) is 71.7 Å². The number of amides is 3. The van der Waals surface area contributed by atoms with Crippen molar-refractivity contribution in [2.24, 2.45) is 0 Å². The largest absolute Gasteiger partial charge is 0.343 e. The van der Waals surface area contributed by atoms with E-state index in [1.54, 1.807) is 26.0 Å². The number of rotatable bonds is 14. The van der Waals surface area contributed by atoms with Gasteiger partial charge < -0.3 is 26.1 Å². The number of nitrogens with one attached hydrogen (secondary N) is 4. The number of unbranched alkanes of at least 4 members (excludes halogenated alkanes) is 2. The molecule has 14 heteroatoms. The number of hydrogen-bond donors (Lipinski definition) is 4. The molecule has 2 aromatic heterocycles. The number of anilines is 4. The molecule has 0 radical (unpaired) electrons. The van der Waals surface area contributed by atoms with Crippen LogP contribution in [0.3, 0.4) is 0 Å². The van der Waals surface area contributed by atoms with Crippen LogP contribution >= 0.6 is 22.9 Å². The molecule has 0 aliphatic carbocycles. The summed E-state index contributed by atoms with van der Waals surface area (Å²) in [6.45, 7) is 5.96. The average Bonchev–Trinajstić information content (AvgIpc) is 3.46. The molecule has 3 aromatic rings. The number of carbonyl (C=O) groups is 4. The van der Waals surface area contributed by atoms with Crippen LogP contribution in [0.1, 0.15) is 79.3 Å². The topological polar surface area (TPSA) is 158 Å². The van der Waals surface area contributed by atoms with Crippen molar-refractivity contribution in [3.63, 3.8) is 0 Å². The number of ketones is 1. The minimum absolute atomic E-state index is 0.135. The summed E-state index contributed by atoms with van der Waals surface area (Å²) in [5, 5.41) is 12.6. The van der Waals surface area contributed by atoms with Crippen LogP contribution in [-0.2, 0) is 14.4 Å². The number of likely N-dealkylation sites (N-methyl/N-ethyl adjacent to an activating group) is 1. The zero-order valence-electron chi connectivity index (χ0n) is 26.6. The maximum absolute atomic E-state index is 13.5. The third-order valence-electron chi connectivity index (χ3n) is 7.74. The van der Waals surface area contributed by atoms with E-state index < -0.39 is 6.04 Å². The Morgan fingerprint density at radius 2 is 1.85 bits per heavy atom. The number of hydrogen-bond acceptors (Lipinski definition) is 10. The van der Waals surface area contributed by atoms with Crippen LogP contribution in [-0.4, -0.2) is 69.0 Å². The lowest BCUT2D eigenvalue weighted by Crippen LogP contribution is -2.53. The second kappa shape index (κ2) is 16.6. The molecule has 1 fully saturated rings. The lowest BCUT2D eigenvalue weighted by atomic mass is 10.0. The Kier molecular flexibility index (Phi) is 12.6. The van der Waals surface area contributed by atoms with Crippen molar-refractivity contribution in [1.82, 2.24) is 25.2 Å². The van der Waals surface area contributed by atoms with Crippen LogP contribution in [0.2, 0.25) is 5.02 Å². The molecule has 1 saturated heterocycles. The number of aryl methyl sites for hydroxylation is 2. The van der Waals surface area contributed by atoms with Crippen molar-refractivity contribution >= 4 is 68.9 Å². The Morgan fingerprint density at radius 1 is 1.07 bits per heavy atom. The Labute approximate surface area is 278 Å². The molecule has 1 aliphatic heterocycles. The fourth-order valence-corrected chi connectivity index (χ4v) is 6.25. The van der Waals surface area contributed by atoms with Crippen LogP contribution in [0.4, 0.5) is 22.5 Å². The summed E-state index contributed by atoms with van der Waals surface area (Å²) in [4.78, 5) is 66.4. The van der Waals surface area contributed by atoms with Gasteiger partial charge in [0.15, 0.2) is 5.13 Å². The summed E-state index contributed by atoms with van der Waals surface area (Å²) in [5.74, 6) is 0.274. The van der Waals surface area contributed by atoms with Gasteiger partial charge in [0.05, 0.1) is 22.9 Å². The predicted octanol–water partition coefficient (Wildman–Crippen LogP) is 5.65. The van der Waals surface area contributed by atoms with Gasteiger partial charge in [-0.25, -0.2) is 15.0 Å². The van der Waals surface area contributed by atoms with Crippen molar-refractivity contribution in [1.29, 1.82) is 0 Å². The normalized spacial score (nSPS) is 15.5. The van der Waals surface area contributed by atoms with Gasteiger partial charge in [-0.15, -0.1) is 0 Å². The lowest BCUT2D eigenvalue weighted by Gasteiger charge is -2.32. The molecule has 1 aliphatic rings. The van der Waals surface area contributed by atoms with E-state index in [2.05, 4.69) is 36.2 Å². The maximum atomic E-state index is 13.5. The van der Waals surface area contributed by atoms with Gasteiger partial charge in [0, 0.05) is 12.5 Å². The zero-order valence-corrected chi connectivity index (χ0v) is 28.2. The molecule has 1 unspecified atom stereocenters. The number of aromatic nitrogens is 3. The van der Waals surface area contributed by atoms with E-state index in [1.165, 1.54) is 6.20 Å². The number of para-hydroxylation sites is 1. The summed E-state index contributed by atoms with van der Waals surface area (Å²) in [5.41, 5.74) is 1.38. The fourth-order valence-electron chi connectivity index (χ4n) is 5.26. The fraction of sp³-hybridized carbons (Fsp3) is 0.469. The highest BCUT2D eigenvalue weighted by Gasteiger charge is 2.30. The maximum Gasteiger partial charge on any atom is 0.267 e. The Balaban J connectivity index is 1.42. The predicted molar refractivity (Wildman–Crippen MR) is 181 cm³/mol. The highest BCUT2D eigenvalue weighted by Crippen LogP contribution is 2.28. The molecule has 3 heterocycles. The number of piperidine rings is 1. The van der Waals surface area contributed by atoms with E-state index in [9.17, 15) is 19.2 Å². The van der Waals surface area contributed by atoms with Gasteiger partial charge in [0.2, 0.25) is 11.8 Å². The first-order valence-electron chi connectivity index (χ1n) is 15.5.